The standard InChI is InChI=1S/C21H26ClN3O2/c1-16-19(22)7-4-8-20(16)24-11-13-25(14-12-24)21(26)23-10-9-17-5-3-6-18(15-17)27-2/h3-8,15H,9-14H2,1-2H3,(H,23,26). The van der Waals surface area contributed by atoms with E-state index in [1.807, 2.05) is 48.2 Å². The fourth-order valence-electron chi connectivity index (χ4n) is 3.34. The van der Waals surface area contributed by atoms with Crippen molar-refractivity contribution in [3.8, 4) is 5.75 Å². The molecule has 2 aromatic rings. The molecule has 0 atom stereocenters. The molecule has 2 amide bonds. The summed E-state index contributed by atoms with van der Waals surface area (Å²) in [5.41, 5.74) is 3.40. The van der Waals surface area contributed by atoms with Gasteiger partial charge in [0.1, 0.15) is 5.75 Å². The Hall–Kier alpha value is -2.40. The topological polar surface area (TPSA) is 44.8 Å². The van der Waals surface area contributed by atoms with E-state index in [1.54, 1.807) is 7.11 Å². The van der Waals surface area contributed by atoms with Gasteiger partial charge in [-0.2, -0.15) is 0 Å². The maximum atomic E-state index is 12.4. The van der Waals surface area contributed by atoms with Crippen molar-refractivity contribution in [2.45, 2.75) is 13.3 Å². The van der Waals surface area contributed by atoms with Gasteiger partial charge in [-0.05, 0) is 48.7 Å². The first-order valence-electron chi connectivity index (χ1n) is 9.24. The SMILES string of the molecule is COc1cccc(CCNC(=O)N2CCN(c3cccc(Cl)c3C)CC2)c1. The molecule has 0 saturated carbocycles. The second kappa shape index (κ2) is 9.00. The molecule has 5 nitrogen and oxygen atoms in total. The van der Waals surface area contributed by atoms with E-state index in [2.05, 4.69) is 16.3 Å². The highest BCUT2D eigenvalue weighted by molar-refractivity contribution is 6.31. The normalized spacial score (nSPS) is 14.2. The molecule has 27 heavy (non-hydrogen) atoms. The van der Waals surface area contributed by atoms with Crippen molar-refractivity contribution < 1.29 is 9.53 Å². The fraction of sp³-hybridized carbons (Fsp3) is 0.381. The molecular weight excluding hydrogens is 362 g/mol. The van der Waals surface area contributed by atoms with Crippen LogP contribution in [0.15, 0.2) is 42.5 Å². The monoisotopic (exact) mass is 387 g/mol. The van der Waals surface area contributed by atoms with Gasteiger partial charge in [0, 0.05) is 43.4 Å². The Kier molecular flexibility index (Phi) is 6.45. The number of ether oxygens (including phenoxy) is 1. The first-order valence-corrected chi connectivity index (χ1v) is 9.62. The number of carbonyl (C=O) groups excluding carboxylic acids is 1. The number of carbonyl (C=O) groups is 1. The Morgan fingerprint density at radius 2 is 1.89 bits per heavy atom. The van der Waals surface area contributed by atoms with Crippen LogP contribution in [-0.4, -0.2) is 50.8 Å². The molecule has 1 N–H and O–H groups in total. The van der Waals surface area contributed by atoms with Gasteiger partial charge in [0.15, 0.2) is 0 Å². The lowest BCUT2D eigenvalue weighted by Crippen LogP contribution is -2.52. The lowest BCUT2D eigenvalue weighted by atomic mass is 10.1. The lowest BCUT2D eigenvalue weighted by molar-refractivity contribution is 0.194. The van der Waals surface area contributed by atoms with Gasteiger partial charge in [-0.1, -0.05) is 29.8 Å². The molecule has 1 fully saturated rings. The number of methoxy groups -OCH3 is 1. The number of nitrogens with zero attached hydrogens (tertiary/aromatic N) is 2. The minimum atomic E-state index is 0.000335. The van der Waals surface area contributed by atoms with Crippen LogP contribution in [0.4, 0.5) is 10.5 Å². The summed E-state index contributed by atoms with van der Waals surface area (Å²) in [5, 5.41) is 3.80. The molecule has 0 aliphatic carbocycles. The number of benzene rings is 2. The predicted octanol–water partition coefficient (Wildman–Crippen LogP) is 3.73. The molecule has 0 spiro atoms. The molecule has 0 bridgehead atoms. The molecule has 6 heteroatoms. The van der Waals surface area contributed by atoms with E-state index >= 15 is 0 Å². The van der Waals surface area contributed by atoms with Gasteiger partial charge in [0.05, 0.1) is 7.11 Å². The van der Waals surface area contributed by atoms with Crippen molar-refractivity contribution in [2.75, 3.05) is 44.7 Å². The quantitative estimate of drug-likeness (QED) is 0.850. The van der Waals surface area contributed by atoms with Crippen molar-refractivity contribution in [1.82, 2.24) is 10.2 Å². The fourth-order valence-corrected chi connectivity index (χ4v) is 3.51. The molecule has 0 unspecified atom stereocenters. The molecule has 1 aliphatic heterocycles. The molecule has 144 valence electrons. The smallest absolute Gasteiger partial charge is 0.317 e. The molecule has 1 heterocycles. The van der Waals surface area contributed by atoms with E-state index in [9.17, 15) is 4.79 Å². The zero-order chi connectivity index (χ0) is 19.2. The Morgan fingerprint density at radius 1 is 1.15 bits per heavy atom. The zero-order valence-electron chi connectivity index (χ0n) is 15.9. The average molecular weight is 388 g/mol. The van der Waals surface area contributed by atoms with Crippen LogP contribution in [0.1, 0.15) is 11.1 Å². The van der Waals surface area contributed by atoms with Crippen molar-refractivity contribution in [2.24, 2.45) is 0 Å². The van der Waals surface area contributed by atoms with Crippen LogP contribution >= 0.6 is 11.6 Å². The first kappa shape index (κ1) is 19.4. The third-order valence-corrected chi connectivity index (χ3v) is 5.38. The molecule has 1 aliphatic rings. The van der Waals surface area contributed by atoms with Gasteiger partial charge in [-0.15, -0.1) is 0 Å². The summed E-state index contributed by atoms with van der Waals surface area (Å²) in [7, 11) is 1.66. The Morgan fingerprint density at radius 3 is 2.63 bits per heavy atom. The summed E-state index contributed by atoms with van der Waals surface area (Å²) in [5.74, 6) is 0.839. The summed E-state index contributed by atoms with van der Waals surface area (Å²) >= 11 is 6.23. The van der Waals surface area contributed by atoms with Crippen LogP contribution in [0.25, 0.3) is 0 Å². The maximum absolute atomic E-state index is 12.4. The van der Waals surface area contributed by atoms with Gasteiger partial charge in [-0.25, -0.2) is 4.79 Å². The predicted molar refractivity (Wildman–Crippen MR) is 110 cm³/mol. The van der Waals surface area contributed by atoms with Gasteiger partial charge in [0.2, 0.25) is 0 Å². The Labute approximate surface area is 165 Å². The van der Waals surface area contributed by atoms with Crippen LogP contribution in [0, 0.1) is 6.92 Å². The number of hydrogen-bond acceptors (Lipinski definition) is 3. The highest BCUT2D eigenvalue weighted by Crippen LogP contribution is 2.27. The number of halogens is 1. The number of hydrogen-bond donors (Lipinski definition) is 1. The van der Waals surface area contributed by atoms with Crippen molar-refractivity contribution in [3.63, 3.8) is 0 Å². The van der Waals surface area contributed by atoms with E-state index in [1.165, 1.54) is 0 Å². The van der Waals surface area contributed by atoms with Crippen molar-refractivity contribution in [3.05, 3.63) is 58.6 Å². The number of nitrogens with one attached hydrogen (secondary N) is 1. The summed E-state index contributed by atoms with van der Waals surface area (Å²) in [6.07, 6.45) is 0.782. The summed E-state index contributed by atoms with van der Waals surface area (Å²) in [6.45, 7) is 5.68. The molecule has 2 aromatic carbocycles. The average Bonchev–Trinajstić information content (AvgIpc) is 2.70. The van der Waals surface area contributed by atoms with Crippen LogP contribution in [0.5, 0.6) is 5.75 Å². The number of rotatable bonds is 5. The number of amides is 2. The van der Waals surface area contributed by atoms with E-state index in [-0.39, 0.29) is 6.03 Å². The van der Waals surface area contributed by atoms with Crippen molar-refractivity contribution >= 4 is 23.3 Å². The van der Waals surface area contributed by atoms with E-state index < -0.39 is 0 Å². The first-order chi connectivity index (χ1) is 13.1. The van der Waals surface area contributed by atoms with Gasteiger partial charge in [0.25, 0.3) is 0 Å². The highest BCUT2D eigenvalue weighted by Gasteiger charge is 2.22. The van der Waals surface area contributed by atoms with E-state index in [4.69, 9.17) is 16.3 Å². The molecule has 0 aromatic heterocycles. The Balaban J connectivity index is 1.46. The maximum Gasteiger partial charge on any atom is 0.317 e. The highest BCUT2D eigenvalue weighted by atomic mass is 35.5. The summed E-state index contributed by atoms with van der Waals surface area (Å²) < 4.78 is 5.23. The van der Waals surface area contributed by atoms with E-state index in [0.29, 0.717) is 19.6 Å². The zero-order valence-corrected chi connectivity index (χ0v) is 16.6. The minimum Gasteiger partial charge on any atom is -0.497 e. The molecule has 3 rings (SSSR count). The van der Waals surface area contributed by atoms with Crippen LogP contribution in [0.2, 0.25) is 5.02 Å². The second-order valence-corrected chi connectivity index (χ2v) is 7.10. The molecule has 1 saturated heterocycles. The van der Waals surface area contributed by atoms with E-state index in [0.717, 1.165) is 47.1 Å². The number of urea groups is 1. The van der Waals surface area contributed by atoms with Gasteiger partial charge in [-0.3, -0.25) is 0 Å². The third-order valence-electron chi connectivity index (χ3n) is 4.97. The Bertz CT molecular complexity index is 789. The number of piperazine rings is 1. The van der Waals surface area contributed by atoms with Crippen LogP contribution in [0.3, 0.4) is 0 Å². The molecular formula is C21H26ClN3O2. The third kappa shape index (κ3) is 4.86. The lowest BCUT2D eigenvalue weighted by Gasteiger charge is -2.36. The van der Waals surface area contributed by atoms with Gasteiger partial charge < -0.3 is 19.9 Å². The number of anilines is 1. The second-order valence-electron chi connectivity index (χ2n) is 6.69. The summed E-state index contributed by atoms with van der Waals surface area (Å²) in [4.78, 5) is 16.6. The van der Waals surface area contributed by atoms with Gasteiger partial charge >= 0.3 is 6.03 Å². The largest absolute Gasteiger partial charge is 0.497 e. The molecule has 0 radical (unpaired) electrons. The van der Waals surface area contributed by atoms with Crippen molar-refractivity contribution in [1.29, 1.82) is 0 Å². The van der Waals surface area contributed by atoms with Crippen LogP contribution in [-0.2, 0) is 6.42 Å². The van der Waals surface area contributed by atoms with Crippen LogP contribution < -0.4 is 15.0 Å². The summed E-state index contributed by atoms with van der Waals surface area (Å²) in [6, 6.07) is 13.9. The minimum absolute atomic E-state index is 0.000335.